The van der Waals surface area contributed by atoms with E-state index in [0.29, 0.717) is 18.3 Å². The van der Waals surface area contributed by atoms with Crippen LogP contribution >= 0.6 is 15.9 Å². The van der Waals surface area contributed by atoms with E-state index in [0.717, 1.165) is 27.0 Å². The number of nitrogens with zero attached hydrogens (tertiary/aromatic N) is 1. The molecular formula is C16H19BrN2O. The maximum atomic E-state index is 5.86. The van der Waals surface area contributed by atoms with E-state index in [1.54, 1.807) is 0 Å². The van der Waals surface area contributed by atoms with Crippen LogP contribution in [0.1, 0.15) is 36.6 Å². The van der Waals surface area contributed by atoms with Gasteiger partial charge in [0.05, 0.1) is 0 Å². The molecule has 1 heterocycles. The predicted molar refractivity (Wildman–Crippen MR) is 85.2 cm³/mol. The Hall–Kier alpha value is -1.39. The van der Waals surface area contributed by atoms with Crippen molar-refractivity contribution in [2.24, 2.45) is 5.73 Å². The molecule has 2 rings (SSSR count). The van der Waals surface area contributed by atoms with Crippen LogP contribution in [0.15, 0.2) is 34.8 Å². The molecular weight excluding hydrogens is 316 g/mol. The van der Waals surface area contributed by atoms with Gasteiger partial charge in [0.2, 0.25) is 5.88 Å². The van der Waals surface area contributed by atoms with Gasteiger partial charge in [-0.3, -0.25) is 0 Å². The SMILES string of the molecule is Cc1cc(Oc2cc(CN)cc(C(C)C)n2)ccc1Br. The first-order valence-electron chi connectivity index (χ1n) is 6.64. The van der Waals surface area contributed by atoms with Crippen LogP contribution in [0.5, 0.6) is 11.6 Å². The summed E-state index contributed by atoms with van der Waals surface area (Å²) < 4.78 is 6.93. The summed E-state index contributed by atoms with van der Waals surface area (Å²) in [6.45, 7) is 6.73. The summed E-state index contributed by atoms with van der Waals surface area (Å²) in [6.07, 6.45) is 0. The maximum absolute atomic E-state index is 5.86. The van der Waals surface area contributed by atoms with Crippen LogP contribution < -0.4 is 10.5 Å². The van der Waals surface area contributed by atoms with Crippen LogP contribution in [0.3, 0.4) is 0 Å². The van der Waals surface area contributed by atoms with Gasteiger partial charge in [0.15, 0.2) is 0 Å². The smallest absolute Gasteiger partial charge is 0.219 e. The molecule has 0 fully saturated rings. The molecule has 3 nitrogen and oxygen atoms in total. The van der Waals surface area contributed by atoms with E-state index >= 15 is 0 Å². The summed E-state index contributed by atoms with van der Waals surface area (Å²) in [7, 11) is 0. The van der Waals surface area contributed by atoms with Crippen LogP contribution in [-0.4, -0.2) is 4.98 Å². The van der Waals surface area contributed by atoms with E-state index in [1.165, 1.54) is 0 Å². The maximum Gasteiger partial charge on any atom is 0.219 e. The van der Waals surface area contributed by atoms with Crippen molar-refractivity contribution >= 4 is 15.9 Å². The summed E-state index contributed by atoms with van der Waals surface area (Å²) in [5, 5.41) is 0. The molecule has 106 valence electrons. The lowest BCUT2D eigenvalue weighted by molar-refractivity contribution is 0.458. The first-order chi connectivity index (χ1) is 9.49. The van der Waals surface area contributed by atoms with Gasteiger partial charge in [-0.05, 0) is 48.2 Å². The predicted octanol–water partition coefficient (Wildman–Crippen LogP) is 4.53. The Labute approximate surface area is 128 Å². The first kappa shape index (κ1) is 15.0. The van der Waals surface area contributed by atoms with Crippen molar-refractivity contribution in [1.82, 2.24) is 4.98 Å². The molecule has 0 radical (unpaired) electrons. The van der Waals surface area contributed by atoms with Crippen molar-refractivity contribution in [3.63, 3.8) is 0 Å². The average molecular weight is 335 g/mol. The van der Waals surface area contributed by atoms with Gasteiger partial charge < -0.3 is 10.5 Å². The largest absolute Gasteiger partial charge is 0.439 e. The van der Waals surface area contributed by atoms with Crippen molar-refractivity contribution in [3.05, 3.63) is 51.6 Å². The lowest BCUT2D eigenvalue weighted by atomic mass is 10.1. The minimum atomic E-state index is 0.343. The minimum absolute atomic E-state index is 0.343. The molecule has 0 atom stereocenters. The molecule has 4 heteroatoms. The van der Waals surface area contributed by atoms with Gasteiger partial charge in [0.1, 0.15) is 5.75 Å². The fourth-order valence-electron chi connectivity index (χ4n) is 1.85. The van der Waals surface area contributed by atoms with Gasteiger partial charge in [-0.1, -0.05) is 29.8 Å². The monoisotopic (exact) mass is 334 g/mol. The van der Waals surface area contributed by atoms with Crippen LogP contribution in [0.4, 0.5) is 0 Å². The number of halogens is 1. The lowest BCUT2D eigenvalue weighted by Crippen LogP contribution is -2.02. The van der Waals surface area contributed by atoms with Gasteiger partial charge in [0.25, 0.3) is 0 Å². The fraction of sp³-hybridized carbons (Fsp3) is 0.312. The van der Waals surface area contributed by atoms with E-state index in [4.69, 9.17) is 10.5 Å². The highest BCUT2D eigenvalue weighted by Gasteiger charge is 2.08. The molecule has 0 amide bonds. The summed E-state index contributed by atoms with van der Waals surface area (Å²) in [5.74, 6) is 1.72. The van der Waals surface area contributed by atoms with E-state index in [1.807, 2.05) is 37.3 Å². The number of rotatable bonds is 4. The minimum Gasteiger partial charge on any atom is -0.439 e. The summed E-state index contributed by atoms with van der Waals surface area (Å²) in [6, 6.07) is 9.80. The highest BCUT2D eigenvalue weighted by Crippen LogP contribution is 2.27. The van der Waals surface area contributed by atoms with Crippen molar-refractivity contribution in [2.75, 3.05) is 0 Å². The molecule has 0 spiro atoms. The second-order valence-electron chi connectivity index (χ2n) is 5.11. The van der Waals surface area contributed by atoms with Gasteiger partial charge in [-0.25, -0.2) is 4.98 Å². The number of benzene rings is 1. The molecule has 0 aliphatic heterocycles. The van der Waals surface area contributed by atoms with Gasteiger partial charge in [0, 0.05) is 22.8 Å². The normalized spacial score (nSPS) is 10.9. The van der Waals surface area contributed by atoms with Crippen LogP contribution in [0, 0.1) is 6.92 Å². The Morgan fingerprint density at radius 2 is 2.00 bits per heavy atom. The van der Waals surface area contributed by atoms with Crippen LogP contribution in [0.25, 0.3) is 0 Å². The third kappa shape index (κ3) is 3.58. The second kappa shape index (κ2) is 6.37. The molecule has 2 N–H and O–H groups in total. The van der Waals surface area contributed by atoms with Crippen molar-refractivity contribution < 1.29 is 4.74 Å². The Morgan fingerprint density at radius 1 is 1.25 bits per heavy atom. The van der Waals surface area contributed by atoms with Crippen LogP contribution in [0.2, 0.25) is 0 Å². The molecule has 0 unspecified atom stereocenters. The van der Waals surface area contributed by atoms with Crippen molar-refractivity contribution in [1.29, 1.82) is 0 Å². The quantitative estimate of drug-likeness (QED) is 0.893. The average Bonchev–Trinajstić information content (AvgIpc) is 2.42. The van der Waals surface area contributed by atoms with Gasteiger partial charge in [-0.2, -0.15) is 0 Å². The number of aromatic nitrogens is 1. The van der Waals surface area contributed by atoms with Gasteiger partial charge in [-0.15, -0.1) is 0 Å². The fourth-order valence-corrected chi connectivity index (χ4v) is 2.10. The van der Waals surface area contributed by atoms with E-state index in [2.05, 4.69) is 34.8 Å². The highest BCUT2D eigenvalue weighted by molar-refractivity contribution is 9.10. The standard InChI is InChI=1S/C16H19BrN2O/c1-10(2)15-7-12(9-18)8-16(19-15)20-13-4-5-14(17)11(3)6-13/h4-8,10H,9,18H2,1-3H3. The van der Waals surface area contributed by atoms with Crippen molar-refractivity contribution in [3.8, 4) is 11.6 Å². The van der Waals surface area contributed by atoms with Crippen molar-refractivity contribution in [2.45, 2.75) is 33.2 Å². The zero-order valence-corrected chi connectivity index (χ0v) is 13.6. The number of hydrogen-bond acceptors (Lipinski definition) is 3. The van der Waals surface area contributed by atoms with E-state index < -0.39 is 0 Å². The third-order valence-electron chi connectivity index (χ3n) is 3.06. The molecule has 20 heavy (non-hydrogen) atoms. The molecule has 1 aromatic carbocycles. The Kier molecular flexibility index (Phi) is 4.78. The molecule has 0 aliphatic rings. The molecule has 2 aromatic rings. The number of ether oxygens (including phenoxy) is 1. The number of aryl methyl sites for hydroxylation is 1. The highest BCUT2D eigenvalue weighted by atomic mass is 79.9. The summed E-state index contributed by atoms with van der Waals surface area (Å²) in [5.41, 5.74) is 8.89. The zero-order valence-electron chi connectivity index (χ0n) is 12.0. The summed E-state index contributed by atoms with van der Waals surface area (Å²) in [4.78, 5) is 4.54. The molecule has 0 saturated heterocycles. The molecule has 0 aliphatic carbocycles. The zero-order chi connectivity index (χ0) is 14.7. The second-order valence-corrected chi connectivity index (χ2v) is 5.96. The Bertz CT molecular complexity index is 611. The molecule has 0 saturated carbocycles. The number of pyridine rings is 1. The number of hydrogen-bond donors (Lipinski definition) is 1. The Morgan fingerprint density at radius 3 is 2.60 bits per heavy atom. The van der Waals surface area contributed by atoms with Crippen LogP contribution in [-0.2, 0) is 6.54 Å². The molecule has 0 bridgehead atoms. The summed E-state index contributed by atoms with van der Waals surface area (Å²) >= 11 is 3.48. The first-order valence-corrected chi connectivity index (χ1v) is 7.44. The Balaban J connectivity index is 2.32. The van der Waals surface area contributed by atoms with Gasteiger partial charge >= 0.3 is 0 Å². The topological polar surface area (TPSA) is 48.1 Å². The third-order valence-corrected chi connectivity index (χ3v) is 3.95. The lowest BCUT2D eigenvalue weighted by Gasteiger charge is -2.12. The number of nitrogens with two attached hydrogens (primary N) is 1. The molecule has 1 aromatic heterocycles. The van der Waals surface area contributed by atoms with E-state index in [-0.39, 0.29) is 0 Å². The van der Waals surface area contributed by atoms with E-state index in [9.17, 15) is 0 Å².